The number of hydrogen-bond acceptors (Lipinski definition) is 5. The molecular weight excluding hydrogens is 330 g/mol. The molecule has 0 aromatic heterocycles. The Kier molecular flexibility index (Phi) is 4.55. The highest BCUT2D eigenvalue weighted by atomic mass is 16.5. The summed E-state index contributed by atoms with van der Waals surface area (Å²) in [4.78, 5) is 15.0. The number of carbonyl (C=O) groups excluding carboxylic acids is 1. The van der Waals surface area contributed by atoms with Crippen LogP contribution in [0.25, 0.3) is 0 Å². The lowest BCUT2D eigenvalue weighted by Gasteiger charge is -2.26. The van der Waals surface area contributed by atoms with Gasteiger partial charge in [0.25, 0.3) is 0 Å². The standard InChI is InChI=1S/C21H23NO4/c23-16-5-3-14(4-6-16)20-13-19(25)17-11-15(18(24)12-21(17)26-20)7-10-22-8-1-2-9-22/h3-6,11-12,20,23-24H,1-2,7-10,13H2/t20-/m0/s1. The molecule has 0 radical (unpaired) electrons. The SMILES string of the molecule is O=C1C[C@@H](c2ccc(O)cc2)Oc2cc(O)c(CCN3CCCC3)cc21. The maximum atomic E-state index is 12.6. The Bertz CT molecular complexity index is 810. The second kappa shape index (κ2) is 7.00. The van der Waals surface area contributed by atoms with Crippen molar-refractivity contribution in [2.45, 2.75) is 31.8 Å². The molecule has 1 fully saturated rings. The molecule has 0 amide bonds. The minimum absolute atomic E-state index is 0.0201. The number of aromatic hydroxyl groups is 2. The number of phenolic OH excluding ortho intramolecular Hbond substituents is 2. The van der Waals surface area contributed by atoms with E-state index < -0.39 is 6.10 Å². The average molecular weight is 353 g/mol. The van der Waals surface area contributed by atoms with Crippen molar-refractivity contribution in [2.24, 2.45) is 0 Å². The molecule has 0 spiro atoms. The highest BCUT2D eigenvalue weighted by molar-refractivity contribution is 6.00. The number of benzene rings is 2. The number of Topliss-reactive ketones (excluding diaryl/α,β-unsaturated/α-hetero) is 1. The number of hydrogen-bond donors (Lipinski definition) is 2. The van der Waals surface area contributed by atoms with E-state index >= 15 is 0 Å². The van der Waals surface area contributed by atoms with Gasteiger partial charge >= 0.3 is 0 Å². The number of nitrogens with zero attached hydrogens (tertiary/aromatic N) is 1. The Morgan fingerprint density at radius 2 is 1.81 bits per heavy atom. The number of carbonyl (C=O) groups is 1. The number of rotatable bonds is 4. The van der Waals surface area contributed by atoms with Crippen LogP contribution in [0, 0.1) is 0 Å². The minimum atomic E-state index is -0.398. The molecular formula is C21H23NO4. The third kappa shape index (κ3) is 3.40. The van der Waals surface area contributed by atoms with Crippen LogP contribution in [0.4, 0.5) is 0 Å². The molecule has 136 valence electrons. The molecule has 0 aliphatic carbocycles. The summed E-state index contributed by atoms with van der Waals surface area (Å²) in [5.74, 6) is 0.812. The molecule has 1 saturated heterocycles. The fourth-order valence-electron chi connectivity index (χ4n) is 3.76. The van der Waals surface area contributed by atoms with Gasteiger partial charge in [-0.15, -0.1) is 0 Å². The molecule has 1 atom stereocenters. The van der Waals surface area contributed by atoms with E-state index in [1.807, 2.05) is 0 Å². The Balaban J connectivity index is 1.53. The van der Waals surface area contributed by atoms with Crippen LogP contribution in [0.5, 0.6) is 17.2 Å². The van der Waals surface area contributed by atoms with E-state index in [1.165, 1.54) is 12.8 Å². The van der Waals surface area contributed by atoms with Gasteiger partial charge in [0.15, 0.2) is 5.78 Å². The molecule has 4 rings (SSSR count). The molecule has 2 N–H and O–H groups in total. The monoisotopic (exact) mass is 353 g/mol. The number of ketones is 1. The van der Waals surface area contributed by atoms with Crippen LogP contribution in [0.3, 0.4) is 0 Å². The van der Waals surface area contributed by atoms with Crippen LogP contribution < -0.4 is 4.74 Å². The zero-order chi connectivity index (χ0) is 18.1. The lowest BCUT2D eigenvalue weighted by Crippen LogP contribution is -2.23. The largest absolute Gasteiger partial charge is 0.508 e. The lowest BCUT2D eigenvalue weighted by molar-refractivity contribution is 0.0849. The predicted octanol–water partition coefficient (Wildman–Crippen LogP) is 3.44. The summed E-state index contributed by atoms with van der Waals surface area (Å²) in [6, 6.07) is 10.0. The molecule has 5 heteroatoms. The van der Waals surface area contributed by atoms with E-state index in [0.29, 0.717) is 11.3 Å². The summed E-state index contributed by atoms with van der Waals surface area (Å²) in [7, 11) is 0. The highest BCUT2D eigenvalue weighted by Gasteiger charge is 2.29. The maximum Gasteiger partial charge on any atom is 0.170 e. The van der Waals surface area contributed by atoms with Crippen LogP contribution in [0.15, 0.2) is 36.4 Å². The van der Waals surface area contributed by atoms with Gasteiger partial charge in [-0.05, 0) is 61.7 Å². The van der Waals surface area contributed by atoms with Crippen LogP contribution >= 0.6 is 0 Å². The smallest absolute Gasteiger partial charge is 0.170 e. The third-order valence-corrected chi connectivity index (χ3v) is 5.28. The van der Waals surface area contributed by atoms with Gasteiger partial charge in [-0.1, -0.05) is 12.1 Å². The van der Waals surface area contributed by atoms with Crippen molar-refractivity contribution >= 4 is 5.78 Å². The van der Waals surface area contributed by atoms with E-state index in [2.05, 4.69) is 4.90 Å². The predicted molar refractivity (Wildman–Crippen MR) is 97.9 cm³/mol. The van der Waals surface area contributed by atoms with Crippen LogP contribution in [-0.2, 0) is 6.42 Å². The van der Waals surface area contributed by atoms with Gasteiger partial charge in [0.05, 0.1) is 12.0 Å². The first-order chi connectivity index (χ1) is 12.6. The molecule has 2 aliphatic rings. The molecule has 2 heterocycles. The van der Waals surface area contributed by atoms with Gasteiger partial charge in [-0.25, -0.2) is 0 Å². The summed E-state index contributed by atoms with van der Waals surface area (Å²) in [5.41, 5.74) is 2.18. The lowest BCUT2D eigenvalue weighted by atomic mass is 9.94. The Morgan fingerprint density at radius 3 is 2.54 bits per heavy atom. The molecule has 2 aromatic rings. The highest BCUT2D eigenvalue weighted by Crippen LogP contribution is 2.38. The minimum Gasteiger partial charge on any atom is -0.508 e. The number of phenols is 2. The molecule has 2 aromatic carbocycles. The molecule has 26 heavy (non-hydrogen) atoms. The second-order valence-corrected chi connectivity index (χ2v) is 7.10. The molecule has 2 aliphatic heterocycles. The van der Waals surface area contributed by atoms with Gasteiger partial charge in [-0.3, -0.25) is 4.79 Å². The Labute approximate surface area is 152 Å². The van der Waals surface area contributed by atoms with Gasteiger partial charge in [0, 0.05) is 12.6 Å². The van der Waals surface area contributed by atoms with Crippen molar-refractivity contribution in [3.63, 3.8) is 0 Å². The summed E-state index contributed by atoms with van der Waals surface area (Å²) >= 11 is 0. The van der Waals surface area contributed by atoms with Crippen molar-refractivity contribution in [3.8, 4) is 17.2 Å². The average Bonchev–Trinajstić information content (AvgIpc) is 3.14. The quantitative estimate of drug-likeness (QED) is 0.881. The van der Waals surface area contributed by atoms with E-state index in [4.69, 9.17) is 4.74 Å². The summed E-state index contributed by atoms with van der Waals surface area (Å²) < 4.78 is 5.97. The molecule has 0 bridgehead atoms. The summed E-state index contributed by atoms with van der Waals surface area (Å²) in [6.45, 7) is 3.13. The number of likely N-dealkylation sites (tertiary alicyclic amines) is 1. The van der Waals surface area contributed by atoms with Crippen molar-refractivity contribution < 1.29 is 19.7 Å². The van der Waals surface area contributed by atoms with Gasteiger partial charge in [-0.2, -0.15) is 0 Å². The topological polar surface area (TPSA) is 70.0 Å². The number of ether oxygens (including phenoxy) is 1. The third-order valence-electron chi connectivity index (χ3n) is 5.28. The molecule has 0 unspecified atom stereocenters. The Morgan fingerprint density at radius 1 is 1.08 bits per heavy atom. The van der Waals surface area contributed by atoms with E-state index in [1.54, 1.807) is 36.4 Å². The zero-order valence-electron chi connectivity index (χ0n) is 14.6. The van der Waals surface area contributed by atoms with Crippen molar-refractivity contribution in [1.29, 1.82) is 0 Å². The van der Waals surface area contributed by atoms with Crippen LogP contribution in [0.2, 0.25) is 0 Å². The van der Waals surface area contributed by atoms with Crippen molar-refractivity contribution in [3.05, 3.63) is 53.1 Å². The maximum absolute atomic E-state index is 12.6. The normalized spacial score (nSPS) is 20.0. The summed E-state index contributed by atoms with van der Waals surface area (Å²) in [6.07, 6.45) is 3.06. The molecule has 0 saturated carbocycles. The first-order valence-corrected chi connectivity index (χ1v) is 9.17. The zero-order valence-corrected chi connectivity index (χ0v) is 14.6. The van der Waals surface area contributed by atoms with Crippen LogP contribution in [0.1, 0.15) is 46.9 Å². The van der Waals surface area contributed by atoms with Gasteiger partial charge in [0.2, 0.25) is 0 Å². The van der Waals surface area contributed by atoms with E-state index in [-0.39, 0.29) is 23.7 Å². The Hall–Kier alpha value is -2.53. The fraction of sp³-hybridized carbons (Fsp3) is 0.381. The number of fused-ring (bicyclic) bond motifs is 1. The first-order valence-electron chi connectivity index (χ1n) is 9.17. The summed E-state index contributed by atoms with van der Waals surface area (Å²) in [5, 5.41) is 19.8. The first kappa shape index (κ1) is 16.9. The van der Waals surface area contributed by atoms with Gasteiger partial charge in [0.1, 0.15) is 23.4 Å². The second-order valence-electron chi connectivity index (χ2n) is 7.10. The van der Waals surface area contributed by atoms with Crippen molar-refractivity contribution in [1.82, 2.24) is 4.90 Å². The van der Waals surface area contributed by atoms with E-state index in [0.717, 1.165) is 37.2 Å². The fourth-order valence-corrected chi connectivity index (χ4v) is 3.76. The van der Waals surface area contributed by atoms with Crippen LogP contribution in [-0.4, -0.2) is 40.5 Å². The molecule has 5 nitrogen and oxygen atoms in total. The van der Waals surface area contributed by atoms with Crippen molar-refractivity contribution in [2.75, 3.05) is 19.6 Å². The van der Waals surface area contributed by atoms with E-state index in [9.17, 15) is 15.0 Å². The van der Waals surface area contributed by atoms with Gasteiger partial charge < -0.3 is 19.8 Å².